The van der Waals surface area contributed by atoms with E-state index < -0.39 is 15.9 Å². The van der Waals surface area contributed by atoms with E-state index >= 15 is 0 Å². The summed E-state index contributed by atoms with van der Waals surface area (Å²) in [6.07, 6.45) is 0. The fourth-order valence-corrected chi connectivity index (χ4v) is 4.87. The van der Waals surface area contributed by atoms with E-state index in [9.17, 15) is 13.2 Å². The van der Waals surface area contributed by atoms with Crippen molar-refractivity contribution in [3.63, 3.8) is 0 Å². The summed E-state index contributed by atoms with van der Waals surface area (Å²) in [5.74, 6) is -0.294. The normalized spacial score (nSPS) is 11.5. The zero-order chi connectivity index (χ0) is 20.2. The summed E-state index contributed by atoms with van der Waals surface area (Å²) in [4.78, 5) is 12.6. The second kappa shape index (κ2) is 9.05. The number of rotatable bonds is 7. The molecule has 2 rings (SSSR count). The minimum Gasteiger partial charge on any atom is -0.495 e. The molecule has 0 saturated carbocycles. The molecule has 0 aliphatic rings. The summed E-state index contributed by atoms with van der Waals surface area (Å²) in [6.45, 7) is 4.12. The molecule has 0 aliphatic heterocycles. The number of nitrogens with one attached hydrogen (secondary N) is 1. The number of methoxy groups -OCH3 is 1. The number of carbonyl (C=O) groups is 1. The van der Waals surface area contributed by atoms with Crippen molar-refractivity contribution in [3.05, 3.63) is 51.5 Å². The van der Waals surface area contributed by atoms with Gasteiger partial charge in [0.05, 0.1) is 17.8 Å². The third-order valence-corrected chi connectivity index (χ3v) is 6.81. The van der Waals surface area contributed by atoms with Crippen molar-refractivity contribution in [2.45, 2.75) is 18.7 Å². The molecule has 0 fully saturated rings. The molecular formula is C18H20BrClN2O4S. The maximum absolute atomic E-state index is 12.9. The fourth-order valence-electron chi connectivity index (χ4n) is 2.51. The van der Waals surface area contributed by atoms with Gasteiger partial charge in [0, 0.05) is 23.1 Å². The van der Waals surface area contributed by atoms with Gasteiger partial charge in [0.1, 0.15) is 10.6 Å². The van der Waals surface area contributed by atoms with Gasteiger partial charge in [-0.1, -0.05) is 41.4 Å². The number of ether oxygens (including phenoxy) is 1. The maximum atomic E-state index is 12.9. The van der Waals surface area contributed by atoms with Crippen LogP contribution in [0.4, 0.5) is 5.69 Å². The first kappa shape index (κ1) is 21.7. The lowest BCUT2D eigenvalue weighted by molar-refractivity contribution is 0.102. The lowest BCUT2D eigenvalue weighted by atomic mass is 10.2. The number of amides is 1. The minimum atomic E-state index is -3.79. The predicted molar refractivity (Wildman–Crippen MR) is 110 cm³/mol. The van der Waals surface area contributed by atoms with Crippen molar-refractivity contribution in [2.75, 3.05) is 25.5 Å². The summed E-state index contributed by atoms with van der Waals surface area (Å²) < 4.78 is 33.0. The number of sulfonamides is 1. The zero-order valence-electron chi connectivity index (χ0n) is 15.1. The fraction of sp³-hybridized carbons (Fsp3) is 0.278. The van der Waals surface area contributed by atoms with Gasteiger partial charge in [-0.2, -0.15) is 4.31 Å². The Morgan fingerprint density at radius 2 is 1.85 bits per heavy atom. The summed E-state index contributed by atoms with van der Waals surface area (Å²) in [5.41, 5.74) is 0.606. The van der Waals surface area contributed by atoms with Crippen molar-refractivity contribution < 1.29 is 17.9 Å². The zero-order valence-corrected chi connectivity index (χ0v) is 18.3. The van der Waals surface area contributed by atoms with E-state index in [1.165, 1.54) is 29.6 Å². The van der Waals surface area contributed by atoms with Crippen LogP contribution in [0, 0.1) is 0 Å². The van der Waals surface area contributed by atoms with Crippen molar-refractivity contribution in [3.8, 4) is 5.75 Å². The molecule has 0 aromatic heterocycles. The number of halogens is 2. The molecule has 146 valence electrons. The molecule has 0 spiro atoms. The van der Waals surface area contributed by atoms with Gasteiger partial charge in [0.2, 0.25) is 10.0 Å². The first-order valence-corrected chi connectivity index (χ1v) is 10.8. The topological polar surface area (TPSA) is 75.7 Å². The highest BCUT2D eigenvalue weighted by Crippen LogP contribution is 2.29. The van der Waals surface area contributed by atoms with Crippen LogP contribution < -0.4 is 10.1 Å². The van der Waals surface area contributed by atoms with E-state index in [0.717, 1.165) is 4.47 Å². The van der Waals surface area contributed by atoms with Gasteiger partial charge in [-0.25, -0.2) is 8.42 Å². The number of hydrogen-bond donors (Lipinski definition) is 1. The van der Waals surface area contributed by atoms with Gasteiger partial charge in [-0.15, -0.1) is 0 Å². The molecule has 1 N–H and O–H groups in total. The first-order chi connectivity index (χ1) is 12.7. The summed E-state index contributed by atoms with van der Waals surface area (Å²) in [5, 5.41) is 3.05. The molecule has 2 aromatic rings. The Bertz CT molecular complexity index is 946. The van der Waals surface area contributed by atoms with E-state index in [1.807, 2.05) is 0 Å². The average Bonchev–Trinajstić information content (AvgIpc) is 2.64. The van der Waals surface area contributed by atoms with Crippen LogP contribution >= 0.6 is 27.5 Å². The molecule has 0 radical (unpaired) electrons. The van der Waals surface area contributed by atoms with Gasteiger partial charge in [0.25, 0.3) is 5.91 Å². The molecule has 0 bridgehead atoms. The summed E-state index contributed by atoms with van der Waals surface area (Å²) >= 11 is 9.42. The smallest absolute Gasteiger partial charge is 0.255 e. The van der Waals surface area contributed by atoms with Crippen LogP contribution in [0.5, 0.6) is 5.75 Å². The monoisotopic (exact) mass is 474 g/mol. The third kappa shape index (κ3) is 4.82. The second-order valence-electron chi connectivity index (χ2n) is 5.53. The molecule has 27 heavy (non-hydrogen) atoms. The molecule has 0 unspecified atom stereocenters. The highest BCUT2D eigenvalue weighted by atomic mass is 79.9. The second-order valence-corrected chi connectivity index (χ2v) is 8.76. The minimum absolute atomic E-state index is 0.0525. The molecular weight excluding hydrogens is 456 g/mol. The highest BCUT2D eigenvalue weighted by Gasteiger charge is 2.27. The number of hydrogen-bond acceptors (Lipinski definition) is 4. The van der Waals surface area contributed by atoms with E-state index in [4.69, 9.17) is 16.3 Å². The van der Waals surface area contributed by atoms with E-state index in [0.29, 0.717) is 23.8 Å². The first-order valence-electron chi connectivity index (χ1n) is 8.19. The lowest BCUT2D eigenvalue weighted by Crippen LogP contribution is -2.31. The number of carbonyl (C=O) groups excluding carboxylic acids is 1. The van der Waals surface area contributed by atoms with Crippen molar-refractivity contribution >= 4 is 49.1 Å². The van der Waals surface area contributed by atoms with E-state index in [-0.39, 0.29) is 16.2 Å². The molecule has 1 amide bonds. The number of nitrogens with zero attached hydrogens (tertiary/aromatic N) is 1. The van der Waals surface area contributed by atoms with Gasteiger partial charge in [-0.05, 0) is 36.4 Å². The molecule has 0 atom stereocenters. The molecule has 2 aromatic carbocycles. The van der Waals surface area contributed by atoms with E-state index in [2.05, 4.69) is 21.2 Å². The van der Waals surface area contributed by atoms with Crippen molar-refractivity contribution in [2.24, 2.45) is 0 Å². The Hall–Kier alpha value is -1.61. The standard InChI is InChI=1S/C18H20BrClN2O4S/c1-4-22(5-2)27(24,25)17-10-12(6-9-16(17)26-3)18(23)21-15-8-7-13(19)11-14(15)20/h6-11H,4-5H2,1-3H3,(H,21,23). The Kier molecular flexibility index (Phi) is 7.27. The van der Waals surface area contributed by atoms with Gasteiger partial charge >= 0.3 is 0 Å². The van der Waals surface area contributed by atoms with Crippen molar-refractivity contribution in [1.82, 2.24) is 4.31 Å². The van der Waals surface area contributed by atoms with Crippen LogP contribution in [-0.4, -0.2) is 38.8 Å². The van der Waals surface area contributed by atoms with Crippen LogP contribution in [0.2, 0.25) is 5.02 Å². The summed E-state index contributed by atoms with van der Waals surface area (Å²) in [6, 6.07) is 9.33. The van der Waals surface area contributed by atoms with Crippen LogP contribution in [0.3, 0.4) is 0 Å². The molecule has 9 heteroatoms. The maximum Gasteiger partial charge on any atom is 0.255 e. The Balaban J connectivity index is 2.43. The molecule has 0 aliphatic carbocycles. The third-order valence-electron chi connectivity index (χ3n) is 3.93. The quantitative estimate of drug-likeness (QED) is 0.644. The van der Waals surface area contributed by atoms with Gasteiger partial charge < -0.3 is 10.1 Å². The number of anilines is 1. The largest absolute Gasteiger partial charge is 0.495 e. The van der Waals surface area contributed by atoms with Crippen LogP contribution in [0.15, 0.2) is 45.8 Å². The molecule has 0 heterocycles. The van der Waals surface area contributed by atoms with Crippen LogP contribution in [0.1, 0.15) is 24.2 Å². The Morgan fingerprint density at radius 1 is 1.19 bits per heavy atom. The summed E-state index contributed by atoms with van der Waals surface area (Å²) in [7, 11) is -2.40. The van der Waals surface area contributed by atoms with Gasteiger partial charge in [-0.3, -0.25) is 4.79 Å². The number of benzene rings is 2. The SMILES string of the molecule is CCN(CC)S(=O)(=O)c1cc(C(=O)Nc2ccc(Br)cc2Cl)ccc1OC. The van der Waals surface area contributed by atoms with Crippen LogP contribution in [-0.2, 0) is 10.0 Å². The highest BCUT2D eigenvalue weighted by molar-refractivity contribution is 9.10. The molecule has 6 nitrogen and oxygen atoms in total. The average molecular weight is 476 g/mol. The Labute approximate surface area is 172 Å². The van der Waals surface area contributed by atoms with Gasteiger partial charge in [0.15, 0.2) is 0 Å². The van der Waals surface area contributed by atoms with Crippen LogP contribution in [0.25, 0.3) is 0 Å². The lowest BCUT2D eigenvalue weighted by Gasteiger charge is -2.20. The van der Waals surface area contributed by atoms with Crippen molar-refractivity contribution in [1.29, 1.82) is 0 Å². The Morgan fingerprint density at radius 3 is 2.41 bits per heavy atom. The predicted octanol–water partition coefficient (Wildman–Crippen LogP) is 4.39. The van der Waals surface area contributed by atoms with E-state index in [1.54, 1.807) is 32.0 Å². The molecule has 0 saturated heterocycles.